The second-order valence-electron chi connectivity index (χ2n) is 21.9. The highest BCUT2D eigenvalue weighted by Crippen LogP contribution is 2.70. The topological polar surface area (TPSA) is 791 Å². The Morgan fingerprint density at radius 3 is 1.24 bits per heavy atom. The fraction of sp³-hybridized carbons (Fsp3) is 0.477. The van der Waals surface area contributed by atoms with E-state index in [1.165, 1.54) is 54.7 Å². The van der Waals surface area contributed by atoms with Gasteiger partial charge in [0.25, 0.3) is 11.1 Å². The molecule has 6 aromatic rings. The van der Waals surface area contributed by atoms with Gasteiger partial charge in [0.05, 0.1) is 36.2 Å². The Bertz CT molecular complexity index is 5240. The van der Waals surface area contributed by atoms with Crippen molar-refractivity contribution < 1.29 is 173 Å². The van der Waals surface area contributed by atoms with Crippen molar-refractivity contribution in [3.63, 3.8) is 0 Å². The van der Waals surface area contributed by atoms with Gasteiger partial charge < -0.3 is 110 Å². The van der Waals surface area contributed by atoms with Crippen LogP contribution in [0.15, 0.2) is 40.6 Å². The molecule has 3 fully saturated rings. The number of aromatic nitrogens is 10. The average molecular weight is 1780 g/mol. The Morgan fingerprint density at radius 1 is 0.519 bits per heavy atom. The van der Waals surface area contributed by atoms with Crippen molar-refractivity contribution in [2.24, 2.45) is 0 Å². The number of aliphatic hydroxyl groups excluding tert-OH is 3. The lowest BCUT2D eigenvalue weighted by Gasteiger charge is -2.26. The summed E-state index contributed by atoms with van der Waals surface area (Å²) in [5, 5.41) is 32.3. The van der Waals surface area contributed by atoms with E-state index in [1.54, 1.807) is 0 Å². The quantitative estimate of drug-likeness (QED) is 0.0229. The number of fused-ring (bicyclic) bond motifs is 3. The molecule has 108 heavy (non-hydrogen) atoms. The number of ether oxygens (including phenoxy) is 3. The summed E-state index contributed by atoms with van der Waals surface area (Å²) in [5.74, 6) is 13.4. The van der Waals surface area contributed by atoms with E-state index in [0.717, 1.165) is 31.5 Å². The number of H-pyrrole nitrogens is 2. The summed E-state index contributed by atoms with van der Waals surface area (Å²) >= 11 is 19.8. The molecule has 9 heterocycles. The smallest absolute Gasteiger partial charge is 0.387 e. The lowest BCUT2D eigenvalue weighted by Crippen LogP contribution is -2.43. The zero-order chi connectivity index (χ0) is 81.8. The van der Waals surface area contributed by atoms with Gasteiger partial charge in [-0.2, -0.15) is 40.8 Å². The van der Waals surface area contributed by atoms with Crippen molar-refractivity contribution in [2.45, 2.75) is 130 Å². The van der Waals surface area contributed by atoms with Gasteiger partial charge in [0.15, 0.2) is 56.1 Å². The number of nitrogens with two attached hydrogens (primary N) is 3. The first kappa shape index (κ1) is 90.5. The number of hydrogen-bond donors (Lipinski definition) is 20. The molecule has 9 rings (SSSR count). The molecule has 51 nitrogen and oxygen atoms in total. The van der Waals surface area contributed by atoms with E-state index < -0.39 is 187 Å². The van der Waals surface area contributed by atoms with Crippen LogP contribution in [0.25, 0.3) is 33.2 Å². The molecule has 0 amide bonds. The summed E-state index contributed by atoms with van der Waals surface area (Å²) in [5.41, 5.74) is 15.4. The Labute approximate surface area is 615 Å². The molecule has 9 unspecified atom stereocenters. The first-order chi connectivity index (χ1) is 49.2. The first-order valence-electron chi connectivity index (χ1n) is 28.4. The van der Waals surface area contributed by atoms with E-state index >= 15 is 0 Å². The normalized spacial score (nSPS) is 28.7. The van der Waals surface area contributed by atoms with Crippen LogP contribution in [0.3, 0.4) is 0 Å². The fourth-order valence-electron chi connectivity index (χ4n) is 10.3. The molecule has 0 saturated carbocycles. The number of rotatable bonds is 24. The number of halogens is 4. The minimum Gasteiger partial charge on any atom is -0.387 e. The lowest BCUT2D eigenvalue weighted by molar-refractivity contribution is -0.0729. The van der Waals surface area contributed by atoms with Gasteiger partial charge >= 0.3 is 70.4 Å². The van der Waals surface area contributed by atoms with Gasteiger partial charge in [-0.05, 0) is 47.6 Å². The van der Waals surface area contributed by atoms with Crippen LogP contribution in [0.4, 0.5) is 22.2 Å². The number of phosphoric ester groups is 3. The molecule has 3 aliphatic heterocycles. The number of nitrogens with zero attached hydrogens (tertiary/aromatic N) is 8. The Balaban J connectivity index is 0.000000226. The molecule has 23 N–H and O–H groups in total. The van der Waals surface area contributed by atoms with Crippen LogP contribution in [0, 0.1) is 41.3 Å². The minimum atomic E-state index is -5.82. The molecule has 600 valence electrons. The molecule has 3 saturated heterocycles. The van der Waals surface area contributed by atoms with E-state index in [1.807, 2.05) is 0 Å². The minimum absolute atomic E-state index is 0.0116. The number of aromatic amines is 2. The molecular weight excluding hydrogens is 1720 g/mol. The van der Waals surface area contributed by atoms with Crippen molar-refractivity contribution in [2.75, 3.05) is 17.2 Å². The molecular formula is C44H58Cl3FN13O38P9. The Morgan fingerprint density at radius 2 is 0.870 bits per heavy atom. The van der Waals surface area contributed by atoms with Crippen molar-refractivity contribution in [1.82, 2.24) is 48.6 Å². The van der Waals surface area contributed by atoms with E-state index in [2.05, 4.69) is 101 Å². The molecule has 0 aromatic carbocycles. The lowest BCUT2D eigenvalue weighted by atomic mass is 9.96. The van der Waals surface area contributed by atoms with Crippen molar-refractivity contribution in [3.8, 4) is 35.5 Å². The monoisotopic (exact) mass is 1780 g/mol. The van der Waals surface area contributed by atoms with Crippen LogP contribution in [0.2, 0.25) is 0 Å². The predicted octanol–water partition coefficient (Wildman–Crippen LogP) is 1.13. The van der Waals surface area contributed by atoms with Gasteiger partial charge in [-0.1, -0.05) is 52.6 Å². The van der Waals surface area contributed by atoms with Crippen LogP contribution in [0.5, 0.6) is 0 Å². The number of alkyl halides is 3. The third-order valence-corrected chi connectivity index (χ3v) is 27.3. The van der Waals surface area contributed by atoms with Crippen LogP contribution in [-0.4, -0.2) is 192 Å². The van der Waals surface area contributed by atoms with E-state index in [4.69, 9.17) is 105 Å². The summed E-state index contributed by atoms with van der Waals surface area (Å²) in [6.07, 6.45) is -14.5. The maximum absolute atomic E-state index is 14.6. The van der Waals surface area contributed by atoms with Gasteiger partial charge in [-0.15, -0.1) is 17.8 Å². The Hall–Kier alpha value is -4.74. The molecule has 0 bridgehead atoms. The maximum atomic E-state index is 14.6. The van der Waals surface area contributed by atoms with Crippen molar-refractivity contribution in [1.29, 1.82) is 0 Å². The van der Waals surface area contributed by atoms with Gasteiger partial charge in [-0.3, -0.25) is 42.3 Å². The van der Waals surface area contributed by atoms with Gasteiger partial charge in [0.1, 0.15) is 47.5 Å². The van der Waals surface area contributed by atoms with Gasteiger partial charge in [-0.25, -0.2) is 55.4 Å². The molecule has 3 aliphatic rings. The third-order valence-electron chi connectivity index (χ3n) is 14.0. The first-order valence-corrected chi connectivity index (χ1v) is 43.1. The summed E-state index contributed by atoms with van der Waals surface area (Å²) in [7, 11) is -50.8. The predicted molar refractivity (Wildman–Crippen MR) is 358 cm³/mol. The largest absolute Gasteiger partial charge is 0.490 e. The van der Waals surface area contributed by atoms with Crippen LogP contribution >= 0.6 is 105 Å². The summed E-state index contributed by atoms with van der Waals surface area (Å²) in [4.78, 5) is 152. The van der Waals surface area contributed by atoms with Crippen LogP contribution in [-0.2, 0) is 94.7 Å². The highest BCUT2D eigenvalue weighted by atomic mass is 35.5. The standard InChI is InChI=1S/C15H19ClFN4O13P3.C15H20ClN4O13P3.C14H19ClN5O12P3/c1-3-4-15(16)10(22)9(6(2)32-36(27,28)34-37(29,30)33-35(24,25)26)31-13(15)21-5-7(17)8-11(21)19-14(18)20-12(8)23;1-3-5-15(16)10(21)9(7(2)31-35(26,27)33-36(28,29)32-34(23,24)25)30-13(15)20-6-4-8-11(20)18-14(17)19-12(8)22;1-3-4-14(15)10(21)9(7(2)30-34(25,26)32-35(27,28)31-33(22,23)24)29-12(14)20-6-18-8-5-17-13(16)19-11(8)20/h5-6,9-10,13,22H,1-2H3,(H,27,28)(H,29,30)(H2,24,25,26)(H3,18,19,20,23);4,6-7,9-10,13,21H,1-2H3,(H,26,27)(H,28,29)(H2,23,24,25)(H3,17,18,19,22);5-7,9-10,12,21H,1-2H3,(H,25,26)(H,27,28)(H2,16,17,19)(H2,22,23,24)/t6-,9-,10+,13-,15?;7-,9-,10+,13-,15?;7-,9-,10+,12-,14?/m111/s1. The number of imidazole rings is 1. The van der Waals surface area contributed by atoms with E-state index in [-0.39, 0.29) is 34.2 Å². The number of nitrogen functional groups attached to an aromatic ring is 3. The van der Waals surface area contributed by atoms with Gasteiger partial charge in [0.2, 0.25) is 17.8 Å². The molecule has 0 aliphatic carbocycles. The number of phosphoric acid groups is 9. The SMILES string of the molecule is CC#CC1(Cl)[C@@H](O)[C@@H]([C@@H](C)OP(=O)(O)OP(=O)(O)OP(=O)(O)O)O[C@H]1n1cc(F)c2c(=O)[nH]c(N)nc21.CC#CC1(Cl)[C@@H](O)[C@@H]([C@@H](C)OP(=O)(O)OP(=O)(O)OP(=O)(O)O)O[C@H]1n1ccc2c(=O)[nH]c(N)nc21.CC#CC1(Cl)[C@@H](O)[C@@H]([C@@H](C)OP(=O)(O)OP(=O)(O)OP(=O)(O)O)O[C@H]1n1cnc2cnc(N)nc21. The van der Waals surface area contributed by atoms with E-state index in [9.17, 15) is 99.7 Å². The maximum Gasteiger partial charge on any atom is 0.490 e. The molecule has 0 spiro atoms. The Kier molecular flexibility index (Phi) is 27.6. The van der Waals surface area contributed by atoms with Crippen molar-refractivity contribution >= 4 is 156 Å². The fourth-order valence-corrected chi connectivity index (χ4v) is 21.0. The summed E-state index contributed by atoms with van der Waals surface area (Å²) < 4.78 is 175. The zero-order valence-electron chi connectivity index (χ0n) is 54.3. The molecule has 6 aromatic heterocycles. The highest BCUT2D eigenvalue weighted by molar-refractivity contribution is 7.68. The second kappa shape index (κ2) is 33.0. The number of nitrogens with one attached hydrogen (secondary N) is 2. The number of aliphatic hydroxyl groups is 3. The van der Waals surface area contributed by atoms with Crippen LogP contribution < -0.4 is 28.3 Å². The number of hydrogen-bond acceptors (Lipinski definition) is 34. The van der Waals surface area contributed by atoms with Crippen LogP contribution in [0.1, 0.15) is 60.2 Å². The number of anilines is 3. The zero-order valence-corrected chi connectivity index (χ0v) is 64.6. The van der Waals surface area contributed by atoms with Crippen molar-refractivity contribution in [3.05, 3.63) is 57.5 Å². The summed E-state index contributed by atoms with van der Waals surface area (Å²) in [6.45, 7) is 7.43. The molecule has 21 atom stereocenters. The molecule has 0 radical (unpaired) electrons. The molecule has 64 heteroatoms. The third kappa shape index (κ3) is 21.6. The summed E-state index contributed by atoms with van der Waals surface area (Å²) in [6, 6.07) is 1.37. The average Bonchev–Trinajstić information content (AvgIpc) is 1.59. The second-order valence-corrected chi connectivity index (χ2v) is 36.9. The highest BCUT2D eigenvalue weighted by Gasteiger charge is 2.62. The van der Waals surface area contributed by atoms with E-state index in [0.29, 0.717) is 5.52 Å². The van der Waals surface area contributed by atoms with Gasteiger partial charge in [0, 0.05) is 12.4 Å².